The van der Waals surface area contributed by atoms with Gasteiger partial charge in [-0.2, -0.15) is 0 Å². The molecule has 4 heterocycles. The molecule has 0 aliphatic carbocycles. The molecule has 4 rings (SSSR count). The van der Waals surface area contributed by atoms with Gasteiger partial charge in [0.25, 0.3) is 0 Å². The van der Waals surface area contributed by atoms with E-state index in [1.54, 1.807) is 17.2 Å². The van der Waals surface area contributed by atoms with Gasteiger partial charge >= 0.3 is 0 Å². The highest BCUT2D eigenvalue weighted by Gasteiger charge is 2.35. The minimum atomic E-state index is -0.284. The minimum Gasteiger partial charge on any atom is -0.467 e. The van der Waals surface area contributed by atoms with Crippen LogP contribution in [0, 0.1) is 12.8 Å². The Morgan fingerprint density at radius 1 is 1.44 bits per heavy atom. The molecule has 2 amide bonds. The maximum absolute atomic E-state index is 12.6. The first-order valence-corrected chi connectivity index (χ1v) is 8.71. The Bertz CT molecular complexity index is 780. The lowest BCUT2D eigenvalue weighted by atomic mass is 10.0. The third kappa shape index (κ3) is 3.31. The van der Waals surface area contributed by atoms with Gasteiger partial charge in [0.2, 0.25) is 11.8 Å². The number of furan rings is 1. The summed E-state index contributed by atoms with van der Waals surface area (Å²) in [5, 5.41) is 3.12. The van der Waals surface area contributed by atoms with Gasteiger partial charge in [0.05, 0.1) is 24.4 Å². The molecule has 0 radical (unpaired) electrons. The molecule has 2 aliphatic rings. The molecule has 7 heteroatoms. The first-order chi connectivity index (χ1) is 12.1. The third-order valence-electron chi connectivity index (χ3n) is 4.97. The lowest BCUT2D eigenvalue weighted by Crippen LogP contribution is -2.44. The number of amides is 2. The number of hydrogen-bond donors (Lipinski definition) is 1. The SMILES string of the molecule is Cc1cn2c(n1)CC[C@@H](NC(=O)[C@@H]1CC(=O)N(Cc3ccco3)C1)C2. The van der Waals surface area contributed by atoms with Crippen molar-refractivity contribution in [3.8, 4) is 0 Å². The fraction of sp³-hybridized carbons (Fsp3) is 0.500. The largest absolute Gasteiger partial charge is 0.467 e. The molecule has 132 valence electrons. The monoisotopic (exact) mass is 342 g/mol. The van der Waals surface area contributed by atoms with E-state index in [1.807, 2.05) is 19.2 Å². The van der Waals surface area contributed by atoms with Crippen LogP contribution in [0.3, 0.4) is 0 Å². The highest BCUT2D eigenvalue weighted by Crippen LogP contribution is 2.22. The van der Waals surface area contributed by atoms with E-state index in [4.69, 9.17) is 4.42 Å². The molecule has 1 N–H and O–H groups in total. The van der Waals surface area contributed by atoms with E-state index < -0.39 is 0 Å². The summed E-state index contributed by atoms with van der Waals surface area (Å²) < 4.78 is 7.41. The van der Waals surface area contributed by atoms with Gasteiger partial charge < -0.3 is 19.2 Å². The van der Waals surface area contributed by atoms with E-state index in [9.17, 15) is 9.59 Å². The molecule has 2 aliphatic heterocycles. The molecule has 2 aromatic heterocycles. The van der Waals surface area contributed by atoms with Crippen molar-refractivity contribution in [3.05, 3.63) is 41.9 Å². The minimum absolute atomic E-state index is 0.00714. The van der Waals surface area contributed by atoms with Crippen molar-refractivity contribution in [2.75, 3.05) is 6.54 Å². The van der Waals surface area contributed by atoms with E-state index >= 15 is 0 Å². The number of rotatable bonds is 4. The van der Waals surface area contributed by atoms with E-state index in [0.717, 1.165) is 36.7 Å². The van der Waals surface area contributed by atoms with Gasteiger partial charge in [-0.05, 0) is 25.5 Å². The summed E-state index contributed by atoms with van der Waals surface area (Å²) in [6.45, 7) is 3.61. The fourth-order valence-corrected chi connectivity index (χ4v) is 3.71. The summed E-state index contributed by atoms with van der Waals surface area (Å²) >= 11 is 0. The van der Waals surface area contributed by atoms with Crippen molar-refractivity contribution in [2.45, 2.75) is 45.3 Å². The van der Waals surface area contributed by atoms with Gasteiger partial charge in [-0.15, -0.1) is 0 Å². The molecule has 25 heavy (non-hydrogen) atoms. The number of fused-ring (bicyclic) bond motifs is 1. The number of aromatic nitrogens is 2. The van der Waals surface area contributed by atoms with Gasteiger partial charge in [0, 0.05) is 38.2 Å². The van der Waals surface area contributed by atoms with Crippen molar-refractivity contribution >= 4 is 11.8 Å². The Morgan fingerprint density at radius 2 is 2.32 bits per heavy atom. The second kappa shape index (κ2) is 6.38. The standard InChI is InChI=1S/C18H22N4O3/c1-12-8-21-10-14(4-5-16(21)19-12)20-18(24)13-7-17(23)22(9-13)11-15-3-2-6-25-15/h2-3,6,8,13-14H,4-5,7,9-11H2,1H3,(H,20,24)/t13-,14-/m1/s1. The van der Waals surface area contributed by atoms with Crippen LogP contribution < -0.4 is 5.32 Å². The number of imidazole rings is 1. The Balaban J connectivity index is 1.33. The molecule has 0 spiro atoms. The van der Waals surface area contributed by atoms with E-state index in [1.165, 1.54) is 0 Å². The van der Waals surface area contributed by atoms with Crippen molar-refractivity contribution < 1.29 is 14.0 Å². The van der Waals surface area contributed by atoms with Crippen molar-refractivity contribution in [2.24, 2.45) is 5.92 Å². The molecule has 1 saturated heterocycles. The number of aryl methyl sites for hydroxylation is 2. The quantitative estimate of drug-likeness (QED) is 0.907. The third-order valence-corrected chi connectivity index (χ3v) is 4.97. The summed E-state index contributed by atoms with van der Waals surface area (Å²) in [5.74, 6) is 1.52. The van der Waals surface area contributed by atoms with E-state index in [0.29, 0.717) is 13.1 Å². The summed E-state index contributed by atoms with van der Waals surface area (Å²) in [6, 6.07) is 3.74. The molecule has 1 fully saturated rings. The highest BCUT2D eigenvalue weighted by molar-refractivity contribution is 5.89. The molecule has 7 nitrogen and oxygen atoms in total. The van der Waals surface area contributed by atoms with Crippen LogP contribution in [-0.4, -0.2) is 38.9 Å². The average molecular weight is 342 g/mol. The smallest absolute Gasteiger partial charge is 0.225 e. The zero-order valence-corrected chi connectivity index (χ0v) is 14.3. The summed E-state index contributed by atoms with van der Waals surface area (Å²) in [6.07, 6.45) is 5.65. The molecule has 0 bridgehead atoms. The number of nitrogens with one attached hydrogen (secondary N) is 1. The molecule has 0 unspecified atom stereocenters. The average Bonchev–Trinajstić information content (AvgIpc) is 3.28. The first-order valence-electron chi connectivity index (χ1n) is 8.71. The predicted molar refractivity (Wildman–Crippen MR) is 89.4 cm³/mol. The Hall–Kier alpha value is -2.57. The highest BCUT2D eigenvalue weighted by atomic mass is 16.3. The van der Waals surface area contributed by atoms with Crippen LogP contribution in [0.25, 0.3) is 0 Å². The molecule has 2 aromatic rings. The summed E-state index contributed by atoms with van der Waals surface area (Å²) in [5.41, 5.74) is 1.01. The van der Waals surface area contributed by atoms with Crippen LogP contribution in [0.1, 0.15) is 30.1 Å². The van der Waals surface area contributed by atoms with Crippen molar-refractivity contribution in [3.63, 3.8) is 0 Å². The molecular weight excluding hydrogens is 320 g/mol. The Kier molecular flexibility index (Phi) is 4.07. The lowest BCUT2D eigenvalue weighted by molar-refractivity contribution is -0.129. The zero-order valence-electron chi connectivity index (χ0n) is 14.3. The molecule has 0 aromatic carbocycles. The van der Waals surface area contributed by atoms with Gasteiger partial charge in [0.15, 0.2) is 0 Å². The van der Waals surface area contributed by atoms with Crippen LogP contribution in [0.4, 0.5) is 0 Å². The van der Waals surface area contributed by atoms with E-state index in [2.05, 4.69) is 14.9 Å². The number of hydrogen-bond acceptors (Lipinski definition) is 4. The number of carbonyl (C=O) groups is 2. The molecule has 0 saturated carbocycles. The Morgan fingerprint density at radius 3 is 3.12 bits per heavy atom. The van der Waals surface area contributed by atoms with E-state index in [-0.39, 0.29) is 30.2 Å². The second-order valence-electron chi connectivity index (χ2n) is 6.95. The Labute approximate surface area is 146 Å². The fourth-order valence-electron chi connectivity index (χ4n) is 3.71. The first kappa shape index (κ1) is 15.9. The predicted octanol–water partition coefficient (Wildman–Crippen LogP) is 1.26. The van der Waals surface area contributed by atoms with Crippen LogP contribution >= 0.6 is 0 Å². The van der Waals surface area contributed by atoms with Crippen LogP contribution in [0.5, 0.6) is 0 Å². The van der Waals surface area contributed by atoms with Gasteiger partial charge in [-0.3, -0.25) is 9.59 Å². The summed E-state index contributed by atoms with van der Waals surface area (Å²) in [4.78, 5) is 30.9. The second-order valence-corrected chi connectivity index (χ2v) is 6.95. The maximum atomic E-state index is 12.6. The van der Waals surface area contributed by atoms with Crippen molar-refractivity contribution in [1.29, 1.82) is 0 Å². The van der Waals surface area contributed by atoms with Crippen LogP contribution in [0.15, 0.2) is 29.0 Å². The number of likely N-dealkylation sites (tertiary alicyclic amines) is 1. The number of carbonyl (C=O) groups excluding carboxylic acids is 2. The van der Waals surface area contributed by atoms with Gasteiger partial charge in [-0.25, -0.2) is 4.98 Å². The topological polar surface area (TPSA) is 80.4 Å². The lowest BCUT2D eigenvalue weighted by Gasteiger charge is -2.25. The molecule has 2 atom stereocenters. The van der Waals surface area contributed by atoms with Crippen molar-refractivity contribution in [1.82, 2.24) is 19.8 Å². The summed E-state index contributed by atoms with van der Waals surface area (Å²) in [7, 11) is 0. The van der Waals surface area contributed by atoms with Gasteiger partial charge in [0.1, 0.15) is 11.6 Å². The van der Waals surface area contributed by atoms with Crippen LogP contribution in [0.2, 0.25) is 0 Å². The van der Waals surface area contributed by atoms with Gasteiger partial charge in [-0.1, -0.05) is 0 Å². The molecular formula is C18H22N4O3. The van der Waals surface area contributed by atoms with Crippen LogP contribution in [-0.2, 0) is 29.1 Å². The zero-order chi connectivity index (χ0) is 17.4. The maximum Gasteiger partial charge on any atom is 0.225 e. The normalized spacial score (nSPS) is 22.9. The number of nitrogens with zero attached hydrogens (tertiary/aromatic N) is 3.